The van der Waals surface area contributed by atoms with E-state index in [4.69, 9.17) is 11.6 Å². The van der Waals surface area contributed by atoms with Gasteiger partial charge in [0, 0.05) is 11.9 Å². The predicted molar refractivity (Wildman–Crippen MR) is 113 cm³/mol. The summed E-state index contributed by atoms with van der Waals surface area (Å²) in [5.74, 6) is 2.17. The Morgan fingerprint density at radius 2 is 2.04 bits per heavy atom. The molecule has 28 heavy (non-hydrogen) atoms. The molecule has 1 aromatic carbocycles. The summed E-state index contributed by atoms with van der Waals surface area (Å²) in [5, 5.41) is 7.00. The molecule has 3 nitrogen and oxygen atoms in total. The Bertz CT molecular complexity index is 754. The zero-order chi connectivity index (χ0) is 19.4. The zero-order valence-electron chi connectivity index (χ0n) is 17.0. The summed E-state index contributed by atoms with van der Waals surface area (Å²) < 4.78 is 0. The molecule has 1 saturated heterocycles. The van der Waals surface area contributed by atoms with E-state index < -0.39 is 0 Å². The van der Waals surface area contributed by atoms with Crippen molar-refractivity contribution in [3.8, 4) is 0 Å². The van der Waals surface area contributed by atoms with E-state index >= 15 is 0 Å². The number of carbonyl (C=O) groups excluding carboxylic acids is 1. The Kier molecular flexibility index (Phi) is 4.56. The fraction of sp³-hybridized carbons (Fsp3) is 0.708. The minimum Gasteiger partial charge on any atom is -0.353 e. The number of nitrogens with one attached hydrogen (secondary N) is 2. The number of alkyl halides is 1. The van der Waals surface area contributed by atoms with Crippen LogP contribution in [-0.4, -0.2) is 30.9 Å². The number of rotatable bonds is 5. The summed E-state index contributed by atoms with van der Waals surface area (Å²) in [6, 6.07) is 11.3. The maximum Gasteiger partial charge on any atom is 0.227 e. The molecule has 1 aliphatic heterocycles. The smallest absolute Gasteiger partial charge is 0.227 e. The first-order chi connectivity index (χ1) is 13.5. The molecule has 2 N–H and O–H groups in total. The van der Waals surface area contributed by atoms with E-state index in [9.17, 15) is 4.79 Å². The first-order valence-corrected chi connectivity index (χ1v) is 11.7. The lowest BCUT2D eigenvalue weighted by Crippen LogP contribution is -2.55. The summed E-state index contributed by atoms with van der Waals surface area (Å²) in [6.07, 6.45) is 7.70. The van der Waals surface area contributed by atoms with Gasteiger partial charge in [0.2, 0.25) is 5.91 Å². The molecule has 152 valence electrons. The molecule has 4 unspecified atom stereocenters. The second kappa shape index (κ2) is 6.74. The molecule has 5 aliphatic rings. The van der Waals surface area contributed by atoms with Crippen molar-refractivity contribution < 1.29 is 4.79 Å². The van der Waals surface area contributed by atoms with Gasteiger partial charge in [-0.2, -0.15) is 0 Å². The average molecular weight is 401 g/mol. The first kappa shape index (κ1) is 18.9. The molecular weight excluding hydrogens is 368 g/mol. The van der Waals surface area contributed by atoms with Gasteiger partial charge in [0.05, 0.1) is 5.41 Å². The maximum absolute atomic E-state index is 13.9. The summed E-state index contributed by atoms with van der Waals surface area (Å²) >= 11 is 6.34. The molecule has 4 heteroatoms. The number of hydrogen-bond donors (Lipinski definition) is 2. The molecule has 0 aromatic heterocycles. The van der Waals surface area contributed by atoms with Crippen LogP contribution in [0.1, 0.15) is 57.4 Å². The third-order valence-electron chi connectivity index (χ3n) is 8.82. The van der Waals surface area contributed by atoms with Crippen molar-refractivity contribution in [1.29, 1.82) is 0 Å². The van der Waals surface area contributed by atoms with E-state index in [1.807, 2.05) is 0 Å². The lowest BCUT2D eigenvalue weighted by molar-refractivity contribution is -0.137. The lowest BCUT2D eigenvalue weighted by Gasteiger charge is -2.41. The van der Waals surface area contributed by atoms with Crippen LogP contribution in [0.5, 0.6) is 0 Å². The molecule has 5 fully saturated rings. The standard InChI is InChI=1S/C24H33ClN2O/c1-17-14-26-10-7-20(17)27-21(28)24-13-18-11-22(16-24,19-5-3-2-4-6-19)15-23(24,12-18)8-9-25/h2-6,17-18,20,26H,7-16H2,1H3,(H,27,28)/t17?,18?,20?,22-,23-,24?/m1/s1. The van der Waals surface area contributed by atoms with Crippen LogP contribution in [0.4, 0.5) is 0 Å². The van der Waals surface area contributed by atoms with Crippen molar-refractivity contribution >= 4 is 17.5 Å². The van der Waals surface area contributed by atoms with E-state index in [0.29, 0.717) is 29.7 Å². The highest BCUT2D eigenvalue weighted by Gasteiger charge is 2.74. The second-order valence-corrected chi connectivity index (χ2v) is 10.7. The highest BCUT2D eigenvalue weighted by Crippen LogP contribution is 2.77. The third kappa shape index (κ3) is 2.61. The van der Waals surface area contributed by atoms with Crippen molar-refractivity contribution in [1.82, 2.24) is 10.6 Å². The van der Waals surface area contributed by atoms with Gasteiger partial charge in [-0.15, -0.1) is 11.6 Å². The van der Waals surface area contributed by atoms with Gasteiger partial charge >= 0.3 is 0 Å². The number of hydrogen-bond acceptors (Lipinski definition) is 2. The number of carbonyl (C=O) groups is 1. The van der Waals surface area contributed by atoms with Crippen LogP contribution in [0, 0.1) is 22.7 Å². The van der Waals surface area contributed by atoms with Crippen LogP contribution in [0.15, 0.2) is 30.3 Å². The van der Waals surface area contributed by atoms with E-state index in [1.54, 1.807) is 0 Å². The number of halogens is 1. The van der Waals surface area contributed by atoms with Crippen LogP contribution >= 0.6 is 11.6 Å². The molecule has 4 saturated carbocycles. The monoisotopic (exact) mass is 400 g/mol. The molecular formula is C24H33ClN2O. The Morgan fingerprint density at radius 1 is 1.21 bits per heavy atom. The van der Waals surface area contributed by atoms with Gasteiger partial charge in [0.1, 0.15) is 0 Å². The Morgan fingerprint density at radius 3 is 2.79 bits per heavy atom. The van der Waals surface area contributed by atoms with Gasteiger partial charge in [0.25, 0.3) is 0 Å². The summed E-state index contributed by atoms with van der Waals surface area (Å²) in [4.78, 5) is 13.9. The van der Waals surface area contributed by atoms with Crippen molar-refractivity contribution in [3.05, 3.63) is 35.9 Å². The third-order valence-corrected chi connectivity index (χ3v) is 9.01. The van der Waals surface area contributed by atoms with Crippen LogP contribution in [-0.2, 0) is 10.2 Å². The summed E-state index contributed by atoms with van der Waals surface area (Å²) in [5.41, 5.74) is 1.49. The highest BCUT2D eigenvalue weighted by molar-refractivity contribution is 6.17. The maximum atomic E-state index is 13.9. The molecule has 4 aliphatic carbocycles. The molecule has 0 spiro atoms. The van der Waals surface area contributed by atoms with Crippen molar-refractivity contribution in [3.63, 3.8) is 0 Å². The minimum atomic E-state index is -0.217. The van der Waals surface area contributed by atoms with Crippen LogP contribution < -0.4 is 10.6 Å². The highest BCUT2D eigenvalue weighted by atomic mass is 35.5. The molecule has 1 amide bonds. The van der Waals surface area contributed by atoms with E-state index in [2.05, 4.69) is 47.9 Å². The number of benzene rings is 1. The normalized spacial score (nSPS) is 44.0. The fourth-order valence-electron chi connectivity index (χ4n) is 7.83. The second-order valence-electron chi connectivity index (χ2n) is 10.3. The van der Waals surface area contributed by atoms with Gasteiger partial charge in [-0.05, 0) is 86.3 Å². The minimum absolute atomic E-state index is 0.0910. The SMILES string of the molecule is CC1CNCCC1NC(=O)C12CC3C[C@](c4ccccc4)(C1)C[C@@]2(CCCl)C3. The van der Waals surface area contributed by atoms with E-state index in [-0.39, 0.29) is 16.2 Å². The van der Waals surface area contributed by atoms with Gasteiger partial charge in [-0.3, -0.25) is 4.79 Å². The number of amides is 1. The van der Waals surface area contributed by atoms with Crippen molar-refractivity contribution in [2.24, 2.45) is 22.7 Å². The van der Waals surface area contributed by atoms with Crippen molar-refractivity contribution in [2.75, 3.05) is 19.0 Å². The molecule has 0 radical (unpaired) electrons. The van der Waals surface area contributed by atoms with Gasteiger partial charge < -0.3 is 10.6 Å². The topological polar surface area (TPSA) is 41.1 Å². The Hall–Kier alpha value is -1.06. The molecule has 1 aromatic rings. The van der Waals surface area contributed by atoms with Crippen LogP contribution in [0.25, 0.3) is 0 Å². The lowest BCUT2D eigenvalue weighted by atomic mass is 9.63. The van der Waals surface area contributed by atoms with E-state index in [0.717, 1.165) is 45.2 Å². The molecule has 6 atom stereocenters. The Balaban J connectivity index is 1.49. The van der Waals surface area contributed by atoms with E-state index in [1.165, 1.54) is 18.4 Å². The van der Waals surface area contributed by atoms with Crippen molar-refractivity contribution in [2.45, 2.75) is 63.3 Å². The predicted octanol–water partition coefficient (Wildman–Crippen LogP) is 4.25. The largest absolute Gasteiger partial charge is 0.353 e. The quantitative estimate of drug-likeness (QED) is 0.725. The summed E-state index contributed by atoms with van der Waals surface area (Å²) in [7, 11) is 0. The molecule has 6 rings (SSSR count). The fourth-order valence-corrected chi connectivity index (χ4v) is 8.19. The average Bonchev–Trinajstić information content (AvgIpc) is 3.03. The number of piperidine rings is 1. The van der Waals surface area contributed by atoms with Gasteiger partial charge in [-0.25, -0.2) is 0 Å². The molecule has 1 heterocycles. The zero-order valence-corrected chi connectivity index (χ0v) is 17.7. The molecule has 4 bridgehead atoms. The van der Waals surface area contributed by atoms with Crippen LogP contribution in [0.2, 0.25) is 0 Å². The van der Waals surface area contributed by atoms with Crippen LogP contribution in [0.3, 0.4) is 0 Å². The summed E-state index contributed by atoms with van der Waals surface area (Å²) in [6.45, 7) is 4.26. The Labute approximate surface area is 174 Å². The van der Waals surface area contributed by atoms with Gasteiger partial charge in [-0.1, -0.05) is 37.3 Å². The first-order valence-electron chi connectivity index (χ1n) is 11.2. The van der Waals surface area contributed by atoms with Gasteiger partial charge in [0.15, 0.2) is 0 Å².